The number of hydrogen-bond acceptors (Lipinski definition) is 4. The number of ether oxygens (including phenoxy) is 1. The van der Waals surface area contributed by atoms with Crippen LogP contribution in [0.2, 0.25) is 0 Å². The van der Waals surface area contributed by atoms with Crippen molar-refractivity contribution in [1.29, 1.82) is 0 Å². The second-order valence-electron chi connectivity index (χ2n) is 3.49. The van der Waals surface area contributed by atoms with Gasteiger partial charge >= 0.3 is 0 Å². The van der Waals surface area contributed by atoms with Crippen molar-refractivity contribution in [3.05, 3.63) is 29.6 Å². The Morgan fingerprint density at radius 1 is 1.50 bits per heavy atom. The van der Waals surface area contributed by atoms with Crippen LogP contribution in [0, 0.1) is 5.82 Å². The summed E-state index contributed by atoms with van der Waals surface area (Å²) in [5, 5.41) is 9.67. The van der Waals surface area contributed by atoms with Crippen LogP contribution in [0.5, 0.6) is 5.75 Å². The number of rotatable bonds is 4. The summed E-state index contributed by atoms with van der Waals surface area (Å²) in [6.07, 6.45) is -0.289. The summed E-state index contributed by atoms with van der Waals surface area (Å²) < 4.78 is 39.9. The van der Waals surface area contributed by atoms with Gasteiger partial charge in [-0.15, -0.1) is 0 Å². The van der Waals surface area contributed by atoms with Crippen LogP contribution < -0.4 is 4.74 Å². The molecule has 0 radical (unpaired) electrons. The lowest BCUT2D eigenvalue weighted by Gasteiger charge is -2.13. The molecular weight excluding hydrogens is 235 g/mol. The molecule has 0 heterocycles. The van der Waals surface area contributed by atoms with E-state index in [0.29, 0.717) is 0 Å². The quantitative estimate of drug-likeness (QED) is 0.860. The molecule has 0 aliphatic carbocycles. The van der Waals surface area contributed by atoms with Crippen LogP contribution in [0.1, 0.15) is 11.7 Å². The van der Waals surface area contributed by atoms with Gasteiger partial charge < -0.3 is 9.84 Å². The average molecular weight is 248 g/mol. The van der Waals surface area contributed by atoms with Crippen molar-refractivity contribution in [2.24, 2.45) is 0 Å². The van der Waals surface area contributed by atoms with Gasteiger partial charge in [-0.3, -0.25) is 0 Å². The topological polar surface area (TPSA) is 63.6 Å². The smallest absolute Gasteiger partial charge is 0.150 e. The third-order valence-electron chi connectivity index (χ3n) is 2.01. The fraction of sp³-hybridized carbons (Fsp3) is 0.400. The number of sulfone groups is 1. The predicted molar refractivity (Wildman–Crippen MR) is 57.6 cm³/mol. The first kappa shape index (κ1) is 12.9. The van der Waals surface area contributed by atoms with Crippen molar-refractivity contribution in [3.63, 3.8) is 0 Å². The summed E-state index contributed by atoms with van der Waals surface area (Å²) in [7, 11) is -1.97. The molecule has 1 atom stereocenters. The van der Waals surface area contributed by atoms with Crippen molar-refractivity contribution in [1.82, 2.24) is 0 Å². The molecule has 0 fully saturated rings. The van der Waals surface area contributed by atoms with Crippen molar-refractivity contribution in [2.75, 3.05) is 19.1 Å². The highest BCUT2D eigenvalue weighted by Crippen LogP contribution is 2.26. The van der Waals surface area contributed by atoms with Crippen molar-refractivity contribution in [3.8, 4) is 5.75 Å². The zero-order chi connectivity index (χ0) is 12.3. The minimum atomic E-state index is -3.34. The first-order chi connectivity index (χ1) is 7.33. The fourth-order valence-electron chi connectivity index (χ4n) is 1.34. The van der Waals surface area contributed by atoms with Crippen LogP contribution in [-0.4, -0.2) is 32.6 Å². The number of aliphatic hydroxyl groups excluding tert-OH is 1. The third kappa shape index (κ3) is 3.46. The Morgan fingerprint density at radius 3 is 2.62 bits per heavy atom. The van der Waals surface area contributed by atoms with Gasteiger partial charge in [0.05, 0.1) is 19.0 Å². The molecule has 0 saturated carbocycles. The summed E-state index contributed by atoms with van der Waals surface area (Å²) in [6, 6.07) is 3.58. The molecule has 6 heteroatoms. The zero-order valence-corrected chi connectivity index (χ0v) is 9.79. The average Bonchev–Trinajstić information content (AvgIpc) is 2.15. The molecule has 0 aromatic heterocycles. The van der Waals surface area contributed by atoms with E-state index in [1.165, 1.54) is 19.2 Å². The van der Waals surface area contributed by atoms with Gasteiger partial charge in [-0.1, -0.05) is 0 Å². The van der Waals surface area contributed by atoms with Gasteiger partial charge in [0, 0.05) is 11.8 Å². The lowest BCUT2D eigenvalue weighted by atomic mass is 10.1. The molecule has 0 aliphatic rings. The monoisotopic (exact) mass is 248 g/mol. The summed E-state index contributed by atoms with van der Waals surface area (Å²) in [4.78, 5) is 0. The first-order valence-electron chi connectivity index (χ1n) is 4.52. The second kappa shape index (κ2) is 4.80. The molecule has 1 aromatic rings. The normalized spacial score (nSPS) is 13.5. The van der Waals surface area contributed by atoms with Crippen molar-refractivity contribution >= 4 is 9.84 Å². The molecule has 1 aromatic carbocycles. The van der Waals surface area contributed by atoms with Crippen molar-refractivity contribution in [2.45, 2.75) is 6.10 Å². The Morgan fingerprint density at radius 2 is 2.12 bits per heavy atom. The highest BCUT2D eigenvalue weighted by atomic mass is 32.2. The minimum absolute atomic E-state index is 0.132. The zero-order valence-electron chi connectivity index (χ0n) is 8.97. The van der Waals surface area contributed by atoms with E-state index in [1.807, 2.05) is 0 Å². The van der Waals surface area contributed by atoms with E-state index in [1.54, 1.807) is 0 Å². The van der Waals surface area contributed by atoms with E-state index >= 15 is 0 Å². The SMILES string of the molecule is COc1ccc(F)cc1C(O)CS(C)(=O)=O. The molecule has 1 N–H and O–H groups in total. The standard InChI is InChI=1S/C10H13FO4S/c1-15-10-4-3-7(11)5-8(10)9(12)6-16(2,13)14/h3-5,9,12H,6H2,1-2H3. The van der Waals surface area contributed by atoms with E-state index < -0.39 is 27.5 Å². The molecule has 90 valence electrons. The largest absolute Gasteiger partial charge is 0.496 e. The van der Waals surface area contributed by atoms with Gasteiger partial charge in [-0.25, -0.2) is 12.8 Å². The van der Waals surface area contributed by atoms with Crippen LogP contribution in [0.15, 0.2) is 18.2 Å². The molecule has 0 aliphatic heterocycles. The number of hydrogen-bond donors (Lipinski definition) is 1. The Bertz CT molecular complexity index is 470. The molecule has 16 heavy (non-hydrogen) atoms. The van der Waals surface area contributed by atoms with Crippen LogP contribution in [0.4, 0.5) is 4.39 Å². The highest BCUT2D eigenvalue weighted by Gasteiger charge is 2.18. The lowest BCUT2D eigenvalue weighted by molar-refractivity contribution is 0.196. The van der Waals surface area contributed by atoms with E-state index in [0.717, 1.165) is 12.3 Å². The van der Waals surface area contributed by atoms with E-state index in [-0.39, 0.29) is 11.3 Å². The molecule has 0 spiro atoms. The van der Waals surface area contributed by atoms with Gasteiger partial charge in [0.2, 0.25) is 0 Å². The number of aliphatic hydroxyl groups is 1. The van der Waals surface area contributed by atoms with Crippen LogP contribution >= 0.6 is 0 Å². The fourth-order valence-corrected chi connectivity index (χ4v) is 2.10. The maximum absolute atomic E-state index is 13.0. The molecule has 0 saturated heterocycles. The molecule has 1 unspecified atom stereocenters. The minimum Gasteiger partial charge on any atom is -0.496 e. The Labute approximate surface area is 93.6 Å². The van der Waals surface area contributed by atoms with E-state index in [2.05, 4.69) is 0 Å². The summed E-state index contributed by atoms with van der Waals surface area (Å²) in [5.41, 5.74) is 0.132. The van der Waals surface area contributed by atoms with Crippen LogP contribution in [-0.2, 0) is 9.84 Å². The molecule has 1 rings (SSSR count). The Kier molecular flexibility index (Phi) is 3.88. The van der Waals surface area contributed by atoms with Crippen LogP contribution in [0.3, 0.4) is 0 Å². The van der Waals surface area contributed by atoms with Crippen LogP contribution in [0.25, 0.3) is 0 Å². The molecule has 4 nitrogen and oxygen atoms in total. The van der Waals surface area contributed by atoms with E-state index in [4.69, 9.17) is 4.74 Å². The lowest BCUT2D eigenvalue weighted by Crippen LogP contribution is -2.13. The van der Waals surface area contributed by atoms with Gasteiger partial charge in [0.15, 0.2) is 0 Å². The van der Waals surface area contributed by atoms with Gasteiger partial charge in [-0.2, -0.15) is 0 Å². The molecule has 0 amide bonds. The van der Waals surface area contributed by atoms with Crippen molar-refractivity contribution < 1.29 is 22.7 Å². The van der Waals surface area contributed by atoms with E-state index in [9.17, 15) is 17.9 Å². The summed E-state index contributed by atoms with van der Waals surface area (Å²) in [5.74, 6) is -0.756. The third-order valence-corrected chi connectivity index (χ3v) is 2.93. The van der Waals surface area contributed by atoms with Gasteiger partial charge in [0.1, 0.15) is 21.4 Å². The number of benzene rings is 1. The number of halogens is 1. The second-order valence-corrected chi connectivity index (χ2v) is 5.68. The van der Waals surface area contributed by atoms with Gasteiger partial charge in [0.25, 0.3) is 0 Å². The predicted octanol–water partition coefficient (Wildman–Crippen LogP) is 0.912. The summed E-state index contributed by atoms with van der Waals surface area (Å²) >= 11 is 0. The maximum Gasteiger partial charge on any atom is 0.150 e. The highest BCUT2D eigenvalue weighted by molar-refractivity contribution is 7.90. The maximum atomic E-state index is 13.0. The molecule has 0 bridgehead atoms. The molecular formula is C10H13FO4S. The number of methoxy groups -OCH3 is 1. The Hall–Kier alpha value is -1.14. The summed E-state index contributed by atoms with van der Waals surface area (Å²) in [6.45, 7) is 0. The first-order valence-corrected chi connectivity index (χ1v) is 6.59. The Balaban J connectivity index is 3.06. The van der Waals surface area contributed by atoms with Gasteiger partial charge in [-0.05, 0) is 18.2 Å².